The van der Waals surface area contributed by atoms with Gasteiger partial charge in [-0.25, -0.2) is 0 Å². The van der Waals surface area contributed by atoms with Crippen LogP contribution in [0.3, 0.4) is 0 Å². The summed E-state index contributed by atoms with van der Waals surface area (Å²) in [4.78, 5) is 9.24. The van der Waals surface area contributed by atoms with Crippen molar-refractivity contribution in [1.82, 2.24) is 0 Å². The summed E-state index contributed by atoms with van der Waals surface area (Å²) in [6.45, 7) is 6.37. The number of aliphatic carboxylic acids is 1. The molecular weight excluding hydrogens is 130 g/mol. The first kappa shape index (κ1) is 12.1. The lowest BCUT2D eigenvalue weighted by molar-refractivity contribution is -0.135. The van der Waals surface area contributed by atoms with E-state index in [2.05, 4.69) is 26.5 Å². The molecule has 0 aliphatic rings. The van der Waals surface area contributed by atoms with Crippen molar-refractivity contribution in [3.63, 3.8) is 0 Å². The minimum atomic E-state index is -0.968. The Bertz CT molecular complexity index is 81.7. The van der Waals surface area contributed by atoms with Crippen LogP contribution in [0.4, 0.5) is 0 Å². The predicted molar refractivity (Wildman–Crippen MR) is 41.8 cm³/mol. The minimum Gasteiger partial charge on any atom is -0.480 e. The third-order valence-corrected chi connectivity index (χ3v) is 0.991. The molecule has 0 unspecified atom stereocenters. The average molecular weight is 147 g/mol. The van der Waals surface area contributed by atoms with Crippen LogP contribution in [0.1, 0.15) is 27.2 Å². The molecule has 0 rings (SSSR count). The van der Waals surface area contributed by atoms with Crippen LogP contribution in [-0.4, -0.2) is 17.6 Å². The predicted octanol–water partition coefficient (Wildman–Crippen LogP) is 1.08. The molecular formula is C7H17NO2. The van der Waals surface area contributed by atoms with E-state index in [1.54, 1.807) is 0 Å². The number of carbonyl (C=O) groups is 1. The van der Waals surface area contributed by atoms with E-state index >= 15 is 0 Å². The molecule has 3 N–H and O–H groups in total. The van der Waals surface area contributed by atoms with Gasteiger partial charge in [-0.1, -0.05) is 27.2 Å². The van der Waals surface area contributed by atoms with Gasteiger partial charge < -0.3 is 10.8 Å². The summed E-state index contributed by atoms with van der Waals surface area (Å²) < 4.78 is 0. The van der Waals surface area contributed by atoms with Crippen LogP contribution < -0.4 is 5.73 Å². The van der Waals surface area contributed by atoms with Crippen LogP contribution in [0.5, 0.6) is 0 Å². The number of hydrogen-bond acceptors (Lipinski definition) is 2. The third-order valence-electron chi connectivity index (χ3n) is 0.991. The highest BCUT2D eigenvalue weighted by molar-refractivity contribution is 5.68. The van der Waals surface area contributed by atoms with E-state index in [1.807, 2.05) is 0 Å². The largest absolute Gasteiger partial charge is 0.480 e. The molecule has 0 fully saturated rings. The lowest BCUT2D eigenvalue weighted by Gasteiger charge is -1.90. The minimum absolute atomic E-state index is 0.278. The van der Waals surface area contributed by atoms with Crippen molar-refractivity contribution in [3.05, 3.63) is 0 Å². The molecule has 0 aliphatic heterocycles. The normalized spacial score (nSPS) is 8.50. The van der Waals surface area contributed by atoms with Gasteiger partial charge >= 0.3 is 5.97 Å². The fourth-order valence-electron chi connectivity index (χ4n) is 0. The van der Waals surface area contributed by atoms with Crippen molar-refractivity contribution >= 4 is 5.97 Å². The Balaban J connectivity index is 0. The Morgan fingerprint density at radius 2 is 1.80 bits per heavy atom. The van der Waals surface area contributed by atoms with Crippen LogP contribution in [0.15, 0.2) is 0 Å². The van der Waals surface area contributed by atoms with E-state index in [1.165, 1.54) is 6.42 Å². The van der Waals surface area contributed by atoms with Gasteiger partial charge in [-0.2, -0.15) is 0 Å². The summed E-state index contributed by atoms with van der Waals surface area (Å²) in [6.07, 6.45) is 1.31. The molecule has 10 heavy (non-hydrogen) atoms. The molecule has 3 nitrogen and oxygen atoms in total. The van der Waals surface area contributed by atoms with Crippen LogP contribution in [-0.2, 0) is 4.79 Å². The molecule has 0 radical (unpaired) electrons. The highest BCUT2D eigenvalue weighted by atomic mass is 16.4. The van der Waals surface area contributed by atoms with Gasteiger partial charge in [0.2, 0.25) is 0 Å². The maximum absolute atomic E-state index is 9.24. The van der Waals surface area contributed by atoms with Gasteiger partial charge in [0.05, 0.1) is 6.54 Å². The molecule has 0 bridgehead atoms. The van der Waals surface area contributed by atoms with E-state index in [-0.39, 0.29) is 6.54 Å². The molecule has 0 saturated carbocycles. The topological polar surface area (TPSA) is 63.3 Å². The molecule has 0 aromatic heterocycles. The number of carboxylic acids is 1. The van der Waals surface area contributed by atoms with Crippen molar-refractivity contribution in [1.29, 1.82) is 0 Å². The second-order valence-electron chi connectivity index (χ2n) is 2.40. The first-order valence-corrected chi connectivity index (χ1v) is 3.46. The lowest BCUT2D eigenvalue weighted by atomic mass is 10.2. The highest BCUT2D eigenvalue weighted by Crippen LogP contribution is 1.93. The lowest BCUT2D eigenvalue weighted by Crippen LogP contribution is -2.10. The second kappa shape index (κ2) is 8.43. The highest BCUT2D eigenvalue weighted by Gasteiger charge is 1.81. The monoisotopic (exact) mass is 147 g/mol. The van der Waals surface area contributed by atoms with Gasteiger partial charge in [0, 0.05) is 0 Å². The molecule has 0 aromatic rings. The Kier molecular flexibility index (Phi) is 10.2. The number of carboxylic acid groups (broad SMARTS) is 1. The van der Waals surface area contributed by atoms with Gasteiger partial charge in [-0.05, 0) is 5.92 Å². The van der Waals surface area contributed by atoms with Crippen molar-refractivity contribution in [2.75, 3.05) is 6.54 Å². The number of rotatable bonds is 2. The fraction of sp³-hybridized carbons (Fsp3) is 0.857. The molecule has 3 heteroatoms. The van der Waals surface area contributed by atoms with Gasteiger partial charge in [0.25, 0.3) is 0 Å². The Morgan fingerprint density at radius 1 is 1.60 bits per heavy atom. The van der Waals surface area contributed by atoms with Gasteiger partial charge in [-0.3, -0.25) is 4.79 Å². The summed E-state index contributed by atoms with van der Waals surface area (Å²) in [6, 6.07) is 0. The zero-order valence-electron chi connectivity index (χ0n) is 6.92. The van der Waals surface area contributed by atoms with Crippen molar-refractivity contribution in [3.8, 4) is 0 Å². The van der Waals surface area contributed by atoms with Crippen molar-refractivity contribution in [2.24, 2.45) is 11.7 Å². The summed E-state index contributed by atoms with van der Waals surface area (Å²) in [5.74, 6) is -0.0833. The third kappa shape index (κ3) is 26.1. The summed E-state index contributed by atoms with van der Waals surface area (Å²) in [7, 11) is 0. The number of nitrogens with two attached hydrogens (primary N) is 1. The van der Waals surface area contributed by atoms with Crippen LogP contribution >= 0.6 is 0 Å². The second-order valence-corrected chi connectivity index (χ2v) is 2.40. The summed E-state index contributed by atoms with van der Waals surface area (Å²) in [5.41, 5.74) is 4.57. The quantitative estimate of drug-likeness (QED) is 0.614. The van der Waals surface area contributed by atoms with Crippen LogP contribution in [0, 0.1) is 5.92 Å². The van der Waals surface area contributed by atoms with E-state index < -0.39 is 5.97 Å². The maximum atomic E-state index is 9.24. The molecule has 62 valence electrons. The van der Waals surface area contributed by atoms with Gasteiger partial charge in [-0.15, -0.1) is 0 Å². The summed E-state index contributed by atoms with van der Waals surface area (Å²) >= 11 is 0. The van der Waals surface area contributed by atoms with E-state index in [0.717, 1.165) is 5.92 Å². The van der Waals surface area contributed by atoms with Crippen LogP contribution in [0.25, 0.3) is 0 Å². The zero-order valence-corrected chi connectivity index (χ0v) is 6.92. The molecule has 0 aromatic carbocycles. The molecule has 0 aliphatic carbocycles. The molecule has 0 amide bonds. The number of hydrogen-bond donors (Lipinski definition) is 2. The van der Waals surface area contributed by atoms with Crippen LogP contribution in [0.2, 0.25) is 0 Å². The van der Waals surface area contributed by atoms with Crippen molar-refractivity contribution in [2.45, 2.75) is 27.2 Å². The first-order valence-electron chi connectivity index (χ1n) is 3.46. The Morgan fingerprint density at radius 3 is 1.80 bits per heavy atom. The summed E-state index contributed by atoms with van der Waals surface area (Å²) in [5, 5.41) is 7.60. The molecule has 0 saturated heterocycles. The smallest absolute Gasteiger partial charge is 0.317 e. The maximum Gasteiger partial charge on any atom is 0.317 e. The van der Waals surface area contributed by atoms with E-state index in [0.29, 0.717) is 0 Å². The molecule has 0 heterocycles. The zero-order chi connectivity index (χ0) is 8.57. The first-order chi connectivity index (χ1) is 4.54. The van der Waals surface area contributed by atoms with Crippen molar-refractivity contribution < 1.29 is 9.90 Å². The standard InChI is InChI=1S/C5H12.C2H5NO2/c1-4-5(2)3;3-1-2(4)5/h5H,4H2,1-3H3;1,3H2,(H,4,5). The fourth-order valence-corrected chi connectivity index (χ4v) is 0. The Hall–Kier alpha value is -0.570. The van der Waals surface area contributed by atoms with E-state index in [9.17, 15) is 4.79 Å². The molecule has 0 spiro atoms. The average Bonchev–Trinajstić information content (AvgIpc) is 1.89. The van der Waals surface area contributed by atoms with Gasteiger partial charge in [0.1, 0.15) is 0 Å². The van der Waals surface area contributed by atoms with E-state index in [4.69, 9.17) is 5.11 Å². The Labute approximate surface area is 62.2 Å². The van der Waals surface area contributed by atoms with Gasteiger partial charge in [0.15, 0.2) is 0 Å². The molecule has 0 atom stereocenters. The SMILES string of the molecule is CCC(C)C.NCC(=O)O.